The molecule has 1 N–H and O–H groups in total. The number of ether oxygens (including phenoxy) is 1. The smallest absolute Gasteiger partial charge is 0.262 e. The predicted molar refractivity (Wildman–Crippen MR) is 77.0 cm³/mol. The molecule has 0 saturated heterocycles. The molecule has 2 aromatic carbocycles. The summed E-state index contributed by atoms with van der Waals surface area (Å²) in [5, 5.41) is 3.40. The standard InChI is InChI=1S/C14H11Cl2NO2/c15-11-7-4-8-12(16)14(11)17-13(18)9-19-10-5-2-1-3-6-10/h1-8H,9H2,(H,17,18). The van der Waals surface area contributed by atoms with Gasteiger partial charge in [-0.25, -0.2) is 0 Å². The maximum Gasteiger partial charge on any atom is 0.262 e. The minimum Gasteiger partial charge on any atom is -0.484 e. The largest absolute Gasteiger partial charge is 0.484 e. The lowest BCUT2D eigenvalue weighted by Crippen LogP contribution is -2.20. The Morgan fingerprint density at radius 1 is 1.00 bits per heavy atom. The molecule has 3 nitrogen and oxygen atoms in total. The van der Waals surface area contributed by atoms with Crippen molar-refractivity contribution in [1.82, 2.24) is 0 Å². The van der Waals surface area contributed by atoms with Gasteiger partial charge in [0.2, 0.25) is 0 Å². The normalized spacial score (nSPS) is 10.0. The van der Waals surface area contributed by atoms with Crippen LogP contribution in [0, 0.1) is 0 Å². The number of hydrogen-bond acceptors (Lipinski definition) is 2. The molecule has 0 aliphatic rings. The maximum atomic E-state index is 11.7. The van der Waals surface area contributed by atoms with Gasteiger partial charge in [-0.3, -0.25) is 4.79 Å². The molecule has 0 spiro atoms. The van der Waals surface area contributed by atoms with Crippen molar-refractivity contribution in [3.05, 3.63) is 58.6 Å². The number of hydrogen-bond donors (Lipinski definition) is 1. The number of carbonyl (C=O) groups excluding carboxylic acids is 1. The Kier molecular flexibility index (Phi) is 4.66. The first-order valence-corrected chi connectivity index (χ1v) is 6.34. The Hall–Kier alpha value is -1.71. The Bertz CT molecular complexity index is 553. The van der Waals surface area contributed by atoms with Crippen LogP contribution in [0.4, 0.5) is 5.69 Å². The second-order valence-electron chi connectivity index (χ2n) is 3.75. The number of carbonyl (C=O) groups is 1. The van der Waals surface area contributed by atoms with E-state index < -0.39 is 0 Å². The number of rotatable bonds is 4. The van der Waals surface area contributed by atoms with Gasteiger partial charge in [0.25, 0.3) is 5.91 Å². The Labute approximate surface area is 121 Å². The van der Waals surface area contributed by atoms with Crippen LogP contribution in [0.5, 0.6) is 5.75 Å². The monoisotopic (exact) mass is 295 g/mol. The zero-order chi connectivity index (χ0) is 13.7. The molecule has 0 atom stereocenters. The average molecular weight is 296 g/mol. The van der Waals surface area contributed by atoms with Crippen LogP contribution in [-0.2, 0) is 4.79 Å². The fraction of sp³-hybridized carbons (Fsp3) is 0.0714. The van der Waals surface area contributed by atoms with Crippen molar-refractivity contribution in [2.45, 2.75) is 0 Å². The van der Waals surface area contributed by atoms with Crippen molar-refractivity contribution >= 4 is 34.8 Å². The van der Waals surface area contributed by atoms with Gasteiger partial charge < -0.3 is 10.1 Å². The van der Waals surface area contributed by atoms with Gasteiger partial charge in [-0.05, 0) is 24.3 Å². The number of benzene rings is 2. The lowest BCUT2D eigenvalue weighted by atomic mass is 10.3. The number of halogens is 2. The van der Waals surface area contributed by atoms with Gasteiger partial charge in [0.05, 0.1) is 15.7 Å². The summed E-state index contributed by atoms with van der Waals surface area (Å²) >= 11 is 11.9. The summed E-state index contributed by atoms with van der Waals surface area (Å²) in [4.78, 5) is 11.7. The second-order valence-corrected chi connectivity index (χ2v) is 4.56. The van der Waals surface area contributed by atoms with Crippen molar-refractivity contribution in [2.24, 2.45) is 0 Å². The van der Waals surface area contributed by atoms with E-state index >= 15 is 0 Å². The highest BCUT2D eigenvalue weighted by Crippen LogP contribution is 2.29. The van der Waals surface area contributed by atoms with Crippen LogP contribution in [0.15, 0.2) is 48.5 Å². The molecule has 0 heterocycles. The minimum absolute atomic E-state index is 0.106. The first-order valence-electron chi connectivity index (χ1n) is 5.58. The summed E-state index contributed by atoms with van der Waals surface area (Å²) in [6, 6.07) is 14.1. The van der Waals surface area contributed by atoms with Crippen LogP contribution < -0.4 is 10.1 Å². The van der Waals surface area contributed by atoms with Gasteiger partial charge in [0, 0.05) is 0 Å². The van der Waals surface area contributed by atoms with Crippen molar-refractivity contribution in [2.75, 3.05) is 11.9 Å². The Morgan fingerprint density at radius 3 is 2.26 bits per heavy atom. The zero-order valence-corrected chi connectivity index (χ0v) is 11.4. The summed E-state index contributed by atoms with van der Waals surface area (Å²) in [5.41, 5.74) is 0.396. The molecular formula is C14H11Cl2NO2. The molecule has 2 rings (SSSR count). The van der Waals surface area contributed by atoms with Crippen LogP contribution in [0.25, 0.3) is 0 Å². The zero-order valence-electron chi connectivity index (χ0n) is 9.90. The van der Waals surface area contributed by atoms with E-state index in [1.807, 2.05) is 18.2 Å². The molecule has 0 fully saturated rings. The maximum absolute atomic E-state index is 11.7. The summed E-state index contributed by atoms with van der Waals surface area (Å²) in [6.45, 7) is -0.106. The molecule has 0 bridgehead atoms. The molecule has 1 amide bonds. The van der Waals surface area contributed by atoms with E-state index in [1.54, 1.807) is 30.3 Å². The number of para-hydroxylation sites is 2. The van der Waals surface area contributed by atoms with Gasteiger partial charge in [-0.1, -0.05) is 47.5 Å². The Morgan fingerprint density at radius 2 is 1.63 bits per heavy atom. The highest BCUT2D eigenvalue weighted by molar-refractivity contribution is 6.39. The molecule has 0 radical (unpaired) electrons. The first-order chi connectivity index (χ1) is 9.16. The van der Waals surface area contributed by atoms with Gasteiger partial charge in [-0.2, -0.15) is 0 Å². The van der Waals surface area contributed by atoms with Crippen LogP contribution >= 0.6 is 23.2 Å². The number of amides is 1. The number of anilines is 1. The molecule has 0 saturated carbocycles. The van der Waals surface area contributed by atoms with E-state index in [-0.39, 0.29) is 12.5 Å². The van der Waals surface area contributed by atoms with Crippen molar-refractivity contribution in [3.8, 4) is 5.75 Å². The molecule has 0 aromatic heterocycles. The minimum atomic E-state index is -0.321. The number of nitrogens with one attached hydrogen (secondary N) is 1. The van der Waals surface area contributed by atoms with Gasteiger partial charge >= 0.3 is 0 Å². The van der Waals surface area contributed by atoms with E-state index in [4.69, 9.17) is 27.9 Å². The highest BCUT2D eigenvalue weighted by atomic mass is 35.5. The Balaban J connectivity index is 1.95. The van der Waals surface area contributed by atoms with Crippen molar-refractivity contribution in [1.29, 1.82) is 0 Å². The summed E-state index contributed by atoms with van der Waals surface area (Å²) in [5.74, 6) is 0.307. The van der Waals surface area contributed by atoms with E-state index in [0.29, 0.717) is 21.5 Å². The molecule has 2 aromatic rings. The summed E-state index contributed by atoms with van der Waals surface area (Å²) in [6.07, 6.45) is 0. The molecule has 98 valence electrons. The van der Waals surface area contributed by atoms with Crippen LogP contribution in [0.2, 0.25) is 10.0 Å². The van der Waals surface area contributed by atoms with Crippen LogP contribution in [0.1, 0.15) is 0 Å². The van der Waals surface area contributed by atoms with E-state index in [2.05, 4.69) is 5.32 Å². The van der Waals surface area contributed by atoms with Crippen molar-refractivity contribution in [3.63, 3.8) is 0 Å². The molecule has 0 aliphatic heterocycles. The van der Waals surface area contributed by atoms with E-state index in [1.165, 1.54) is 0 Å². The van der Waals surface area contributed by atoms with Crippen molar-refractivity contribution < 1.29 is 9.53 Å². The summed E-state index contributed by atoms with van der Waals surface area (Å²) in [7, 11) is 0. The average Bonchev–Trinajstić information content (AvgIpc) is 2.42. The molecule has 19 heavy (non-hydrogen) atoms. The van der Waals surface area contributed by atoms with E-state index in [9.17, 15) is 4.79 Å². The topological polar surface area (TPSA) is 38.3 Å². The van der Waals surface area contributed by atoms with Gasteiger partial charge in [0.1, 0.15) is 5.75 Å². The molecule has 5 heteroatoms. The van der Waals surface area contributed by atoms with Gasteiger partial charge in [-0.15, -0.1) is 0 Å². The third-order valence-electron chi connectivity index (χ3n) is 2.34. The van der Waals surface area contributed by atoms with Crippen LogP contribution in [-0.4, -0.2) is 12.5 Å². The van der Waals surface area contributed by atoms with Gasteiger partial charge in [0.15, 0.2) is 6.61 Å². The third kappa shape index (κ3) is 3.88. The fourth-order valence-electron chi connectivity index (χ4n) is 1.46. The highest BCUT2D eigenvalue weighted by Gasteiger charge is 2.09. The second kappa shape index (κ2) is 6.45. The lowest BCUT2D eigenvalue weighted by molar-refractivity contribution is -0.118. The molecule has 0 aliphatic carbocycles. The van der Waals surface area contributed by atoms with E-state index in [0.717, 1.165) is 0 Å². The quantitative estimate of drug-likeness (QED) is 0.925. The molecule has 0 unspecified atom stereocenters. The van der Waals surface area contributed by atoms with Crippen LogP contribution in [0.3, 0.4) is 0 Å². The fourth-order valence-corrected chi connectivity index (χ4v) is 1.95. The third-order valence-corrected chi connectivity index (χ3v) is 2.97. The first kappa shape index (κ1) is 13.7. The molecular weight excluding hydrogens is 285 g/mol. The lowest BCUT2D eigenvalue weighted by Gasteiger charge is -2.10. The SMILES string of the molecule is O=C(COc1ccccc1)Nc1c(Cl)cccc1Cl. The predicted octanol–water partition coefficient (Wildman–Crippen LogP) is 4.01. The summed E-state index contributed by atoms with van der Waals surface area (Å²) < 4.78 is 5.32.